The van der Waals surface area contributed by atoms with Gasteiger partial charge < -0.3 is 0 Å². The maximum absolute atomic E-state index is 8.85. The first-order chi connectivity index (χ1) is 8.79. The van der Waals surface area contributed by atoms with Gasteiger partial charge in [0.1, 0.15) is 6.07 Å². The summed E-state index contributed by atoms with van der Waals surface area (Å²) in [4.78, 5) is 0. The third-order valence-electron chi connectivity index (χ3n) is 2.79. The number of nitrogens with zero attached hydrogens (tertiary/aromatic N) is 3. The number of fused-ring (bicyclic) bond motifs is 1. The average molecular weight is 254 g/mol. The molecule has 0 unspecified atom stereocenters. The summed E-state index contributed by atoms with van der Waals surface area (Å²) in [5.41, 5.74) is 2.33. The van der Waals surface area contributed by atoms with Crippen molar-refractivity contribution in [3.63, 3.8) is 0 Å². The minimum absolute atomic E-state index is 0.439. The third kappa shape index (κ3) is 1.64. The lowest BCUT2D eigenvalue weighted by Crippen LogP contribution is -1.96. The van der Waals surface area contributed by atoms with Gasteiger partial charge in [0, 0.05) is 5.39 Å². The third-order valence-corrected chi connectivity index (χ3v) is 3.11. The van der Waals surface area contributed by atoms with Gasteiger partial charge >= 0.3 is 0 Å². The number of rotatable bonds is 1. The molecule has 3 nitrogen and oxygen atoms in total. The van der Waals surface area contributed by atoms with Gasteiger partial charge in [0.05, 0.1) is 28.0 Å². The van der Waals surface area contributed by atoms with Crippen molar-refractivity contribution in [2.45, 2.75) is 0 Å². The normalized spacial score (nSPS) is 10.4. The molecule has 0 aliphatic heterocycles. The van der Waals surface area contributed by atoms with Gasteiger partial charge in [-0.15, -0.1) is 0 Å². The van der Waals surface area contributed by atoms with Crippen LogP contribution in [-0.2, 0) is 0 Å². The van der Waals surface area contributed by atoms with E-state index in [2.05, 4.69) is 5.10 Å². The minimum atomic E-state index is 0.439. The lowest BCUT2D eigenvalue weighted by Gasteiger charge is -2.04. The maximum Gasteiger partial charge on any atom is 0.101 e. The first kappa shape index (κ1) is 10.8. The summed E-state index contributed by atoms with van der Waals surface area (Å²) in [6.45, 7) is 0. The molecule has 0 saturated heterocycles. The molecule has 4 heteroatoms. The molecule has 0 amide bonds. The summed E-state index contributed by atoms with van der Waals surface area (Å²) in [6, 6.07) is 15.3. The highest BCUT2D eigenvalue weighted by molar-refractivity contribution is 6.31. The fourth-order valence-corrected chi connectivity index (χ4v) is 2.12. The van der Waals surface area contributed by atoms with Crippen LogP contribution in [-0.4, -0.2) is 9.78 Å². The molecule has 0 saturated carbocycles. The highest BCUT2D eigenvalue weighted by Crippen LogP contribution is 2.22. The van der Waals surface area contributed by atoms with Crippen LogP contribution in [0.15, 0.2) is 48.7 Å². The van der Waals surface area contributed by atoms with E-state index in [1.54, 1.807) is 18.3 Å². The molecule has 0 atom stereocenters. The standard InChI is InChI=1S/C14H8ClN3/c15-13-7-12(6-5-10(13)8-16)18-14-4-2-1-3-11(14)9-17-18/h1-7,9H. The summed E-state index contributed by atoms with van der Waals surface area (Å²) >= 11 is 6.03. The lowest BCUT2D eigenvalue weighted by molar-refractivity contribution is 0.910. The van der Waals surface area contributed by atoms with E-state index in [4.69, 9.17) is 16.9 Å². The van der Waals surface area contributed by atoms with Gasteiger partial charge in [0.15, 0.2) is 0 Å². The second-order valence-electron chi connectivity index (χ2n) is 3.89. The van der Waals surface area contributed by atoms with E-state index in [0.29, 0.717) is 10.6 Å². The molecule has 18 heavy (non-hydrogen) atoms. The van der Waals surface area contributed by atoms with Gasteiger partial charge in [0.25, 0.3) is 0 Å². The molecule has 86 valence electrons. The quantitative estimate of drug-likeness (QED) is 0.665. The lowest BCUT2D eigenvalue weighted by atomic mass is 10.2. The molecule has 1 heterocycles. The van der Waals surface area contributed by atoms with Crippen LogP contribution in [0.4, 0.5) is 0 Å². The SMILES string of the molecule is N#Cc1ccc(-n2ncc3ccccc32)cc1Cl. The molecule has 0 aliphatic carbocycles. The Labute approximate surface area is 109 Å². The van der Waals surface area contributed by atoms with E-state index in [0.717, 1.165) is 16.6 Å². The zero-order valence-corrected chi connectivity index (χ0v) is 10.1. The van der Waals surface area contributed by atoms with E-state index in [1.807, 2.05) is 41.1 Å². The highest BCUT2D eigenvalue weighted by Gasteiger charge is 2.06. The van der Waals surface area contributed by atoms with Crippen molar-refractivity contribution in [3.05, 3.63) is 59.2 Å². The van der Waals surface area contributed by atoms with Crippen LogP contribution in [0, 0.1) is 11.3 Å². The first-order valence-corrected chi connectivity index (χ1v) is 5.80. The van der Waals surface area contributed by atoms with Crippen LogP contribution in [0.3, 0.4) is 0 Å². The second kappa shape index (κ2) is 4.17. The zero-order valence-electron chi connectivity index (χ0n) is 9.34. The second-order valence-corrected chi connectivity index (χ2v) is 4.30. The highest BCUT2D eigenvalue weighted by atomic mass is 35.5. The van der Waals surface area contributed by atoms with Crippen LogP contribution in [0.5, 0.6) is 0 Å². The van der Waals surface area contributed by atoms with Crippen molar-refractivity contribution in [2.24, 2.45) is 0 Å². The van der Waals surface area contributed by atoms with Crippen molar-refractivity contribution in [2.75, 3.05) is 0 Å². The number of nitriles is 1. The van der Waals surface area contributed by atoms with Gasteiger partial charge in [0.2, 0.25) is 0 Å². The predicted octanol–water partition coefficient (Wildman–Crippen LogP) is 3.55. The Morgan fingerprint density at radius 2 is 2.00 bits per heavy atom. The average Bonchev–Trinajstić information content (AvgIpc) is 2.82. The van der Waals surface area contributed by atoms with Gasteiger partial charge in [-0.25, -0.2) is 4.68 Å². The van der Waals surface area contributed by atoms with Gasteiger partial charge in [-0.2, -0.15) is 10.4 Å². The van der Waals surface area contributed by atoms with Gasteiger partial charge in [-0.3, -0.25) is 0 Å². The summed E-state index contributed by atoms with van der Waals surface area (Å²) in [6.07, 6.45) is 1.81. The van der Waals surface area contributed by atoms with Crippen molar-refractivity contribution in [3.8, 4) is 11.8 Å². The van der Waals surface area contributed by atoms with Crippen molar-refractivity contribution in [1.82, 2.24) is 9.78 Å². The minimum Gasteiger partial charge on any atom is -0.233 e. The fraction of sp³-hybridized carbons (Fsp3) is 0. The molecule has 0 aliphatic rings. The molecule has 0 bridgehead atoms. The Morgan fingerprint density at radius 3 is 2.78 bits per heavy atom. The predicted molar refractivity (Wildman–Crippen MR) is 70.8 cm³/mol. The molecule has 1 aromatic heterocycles. The molecular formula is C14H8ClN3. The fourth-order valence-electron chi connectivity index (χ4n) is 1.90. The molecule has 3 rings (SSSR count). The monoisotopic (exact) mass is 253 g/mol. The van der Waals surface area contributed by atoms with Crippen LogP contribution in [0.1, 0.15) is 5.56 Å². The topological polar surface area (TPSA) is 41.6 Å². The summed E-state index contributed by atoms with van der Waals surface area (Å²) < 4.78 is 1.81. The van der Waals surface area contributed by atoms with E-state index in [1.165, 1.54) is 0 Å². The number of halogens is 1. The van der Waals surface area contributed by atoms with Gasteiger partial charge in [-0.1, -0.05) is 29.8 Å². The van der Waals surface area contributed by atoms with Crippen LogP contribution >= 0.6 is 11.6 Å². The van der Waals surface area contributed by atoms with E-state index in [9.17, 15) is 0 Å². The van der Waals surface area contributed by atoms with Crippen LogP contribution in [0.25, 0.3) is 16.6 Å². The Bertz CT molecular complexity index is 768. The van der Waals surface area contributed by atoms with Crippen molar-refractivity contribution < 1.29 is 0 Å². The molecule has 0 N–H and O–H groups in total. The van der Waals surface area contributed by atoms with E-state index in [-0.39, 0.29) is 0 Å². The number of hydrogen-bond donors (Lipinski definition) is 0. The maximum atomic E-state index is 8.85. The Balaban J connectivity index is 2.21. The molecule has 0 fully saturated rings. The largest absolute Gasteiger partial charge is 0.233 e. The van der Waals surface area contributed by atoms with E-state index >= 15 is 0 Å². The smallest absolute Gasteiger partial charge is 0.101 e. The van der Waals surface area contributed by atoms with Crippen molar-refractivity contribution in [1.29, 1.82) is 5.26 Å². The van der Waals surface area contributed by atoms with Gasteiger partial charge in [-0.05, 0) is 24.3 Å². The number of para-hydroxylation sites is 1. The summed E-state index contributed by atoms with van der Waals surface area (Å²) in [7, 11) is 0. The molecule has 0 spiro atoms. The first-order valence-electron chi connectivity index (χ1n) is 5.42. The number of benzene rings is 2. The Kier molecular flexibility index (Phi) is 2.51. The number of aromatic nitrogens is 2. The zero-order chi connectivity index (χ0) is 12.5. The Hall–Kier alpha value is -2.31. The molecular weight excluding hydrogens is 246 g/mol. The summed E-state index contributed by atoms with van der Waals surface area (Å²) in [5, 5.41) is 14.7. The van der Waals surface area contributed by atoms with E-state index < -0.39 is 0 Å². The van der Waals surface area contributed by atoms with Crippen LogP contribution < -0.4 is 0 Å². The van der Waals surface area contributed by atoms with Crippen molar-refractivity contribution >= 4 is 22.5 Å². The summed E-state index contributed by atoms with van der Waals surface area (Å²) in [5.74, 6) is 0. The molecule has 2 aromatic carbocycles. The molecule has 3 aromatic rings. The Morgan fingerprint density at radius 1 is 1.17 bits per heavy atom. The van der Waals surface area contributed by atoms with Crippen LogP contribution in [0.2, 0.25) is 5.02 Å². The number of hydrogen-bond acceptors (Lipinski definition) is 2. The molecule has 0 radical (unpaired) electrons.